The SMILES string of the molecule is CC(C)(C)CC(CN)C(=O)NCC1(CO)CCCCC1. The van der Waals surface area contributed by atoms with Crippen molar-refractivity contribution in [2.75, 3.05) is 19.7 Å². The van der Waals surface area contributed by atoms with Gasteiger partial charge in [0.2, 0.25) is 5.91 Å². The highest BCUT2D eigenvalue weighted by Gasteiger charge is 2.33. The van der Waals surface area contributed by atoms with E-state index in [0.29, 0.717) is 13.1 Å². The molecule has 20 heavy (non-hydrogen) atoms. The molecule has 0 saturated heterocycles. The molecule has 118 valence electrons. The minimum Gasteiger partial charge on any atom is -0.396 e. The fourth-order valence-corrected chi connectivity index (χ4v) is 3.13. The molecule has 1 rings (SSSR count). The first-order valence-corrected chi connectivity index (χ1v) is 7.91. The highest BCUT2D eigenvalue weighted by molar-refractivity contribution is 5.78. The smallest absolute Gasteiger partial charge is 0.224 e. The van der Waals surface area contributed by atoms with Crippen LogP contribution in [0.3, 0.4) is 0 Å². The van der Waals surface area contributed by atoms with Crippen LogP contribution in [0.5, 0.6) is 0 Å². The van der Waals surface area contributed by atoms with Crippen LogP contribution in [0.25, 0.3) is 0 Å². The maximum absolute atomic E-state index is 12.3. The molecule has 1 aliphatic rings. The molecule has 1 fully saturated rings. The van der Waals surface area contributed by atoms with Crippen molar-refractivity contribution in [1.29, 1.82) is 0 Å². The van der Waals surface area contributed by atoms with Gasteiger partial charge in [0.25, 0.3) is 0 Å². The summed E-state index contributed by atoms with van der Waals surface area (Å²) in [6.45, 7) is 7.51. The highest BCUT2D eigenvalue weighted by atomic mass is 16.3. The van der Waals surface area contributed by atoms with Crippen molar-refractivity contribution >= 4 is 5.91 Å². The number of carbonyl (C=O) groups is 1. The Morgan fingerprint density at radius 1 is 1.30 bits per heavy atom. The fraction of sp³-hybridized carbons (Fsp3) is 0.938. The first-order chi connectivity index (χ1) is 9.32. The molecule has 0 aromatic rings. The number of nitrogens with one attached hydrogen (secondary N) is 1. The zero-order chi connectivity index (χ0) is 15.2. The van der Waals surface area contributed by atoms with Crippen LogP contribution >= 0.6 is 0 Å². The van der Waals surface area contributed by atoms with Crippen LogP contribution in [-0.4, -0.2) is 30.7 Å². The van der Waals surface area contributed by atoms with Gasteiger partial charge in [-0.05, 0) is 24.7 Å². The second-order valence-corrected chi connectivity index (χ2v) is 7.63. The Kier molecular flexibility index (Phi) is 6.46. The molecule has 0 aliphatic heterocycles. The second-order valence-electron chi connectivity index (χ2n) is 7.63. The van der Waals surface area contributed by atoms with Gasteiger partial charge in [-0.25, -0.2) is 0 Å². The third-order valence-corrected chi connectivity index (χ3v) is 4.40. The summed E-state index contributed by atoms with van der Waals surface area (Å²) in [5, 5.41) is 12.7. The van der Waals surface area contributed by atoms with E-state index < -0.39 is 0 Å². The van der Waals surface area contributed by atoms with Gasteiger partial charge in [-0.2, -0.15) is 0 Å². The molecule has 0 aromatic heterocycles. The molecule has 0 spiro atoms. The summed E-state index contributed by atoms with van der Waals surface area (Å²) >= 11 is 0. The third-order valence-electron chi connectivity index (χ3n) is 4.40. The number of hydrogen-bond acceptors (Lipinski definition) is 3. The average Bonchev–Trinajstić information content (AvgIpc) is 2.42. The van der Waals surface area contributed by atoms with Gasteiger partial charge in [0.15, 0.2) is 0 Å². The summed E-state index contributed by atoms with van der Waals surface area (Å²) in [4.78, 5) is 12.3. The van der Waals surface area contributed by atoms with Crippen LogP contribution in [0.15, 0.2) is 0 Å². The molecule has 0 bridgehead atoms. The summed E-state index contributed by atoms with van der Waals surface area (Å²) in [7, 11) is 0. The number of amides is 1. The van der Waals surface area contributed by atoms with E-state index in [9.17, 15) is 9.90 Å². The van der Waals surface area contributed by atoms with Gasteiger partial charge in [-0.15, -0.1) is 0 Å². The number of aliphatic hydroxyl groups is 1. The van der Waals surface area contributed by atoms with Crippen LogP contribution in [0.2, 0.25) is 0 Å². The zero-order valence-electron chi connectivity index (χ0n) is 13.4. The summed E-state index contributed by atoms with van der Waals surface area (Å²) < 4.78 is 0. The summed E-state index contributed by atoms with van der Waals surface area (Å²) in [6.07, 6.45) is 6.36. The zero-order valence-corrected chi connectivity index (χ0v) is 13.4. The Morgan fingerprint density at radius 2 is 1.90 bits per heavy atom. The first kappa shape index (κ1) is 17.4. The number of aliphatic hydroxyl groups excluding tert-OH is 1. The third kappa shape index (κ3) is 5.41. The molecule has 1 aliphatic carbocycles. The van der Waals surface area contributed by atoms with Gasteiger partial charge < -0.3 is 16.2 Å². The number of hydrogen-bond donors (Lipinski definition) is 3. The van der Waals surface area contributed by atoms with Gasteiger partial charge in [0, 0.05) is 18.5 Å². The Bertz CT molecular complexity index is 304. The highest BCUT2D eigenvalue weighted by Crippen LogP contribution is 2.35. The molecule has 1 amide bonds. The van der Waals surface area contributed by atoms with E-state index in [2.05, 4.69) is 26.1 Å². The maximum Gasteiger partial charge on any atom is 0.224 e. The normalized spacial score (nSPS) is 20.4. The van der Waals surface area contributed by atoms with Crippen molar-refractivity contribution in [3.63, 3.8) is 0 Å². The van der Waals surface area contributed by atoms with E-state index in [-0.39, 0.29) is 29.3 Å². The molecule has 4 N–H and O–H groups in total. The van der Waals surface area contributed by atoms with Crippen molar-refractivity contribution in [2.45, 2.75) is 59.3 Å². The van der Waals surface area contributed by atoms with Crippen molar-refractivity contribution in [3.8, 4) is 0 Å². The Hall–Kier alpha value is -0.610. The van der Waals surface area contributed by atoms with E-state index >= 15 is 0 Å². The molecule has 0 radical (unpaired) electrons. The standard InChI is InChI=1S/C16H32N2O2/c1-15(2,3)9-13(10-17)14(20)18-11-16(12-19)7-5-4-6-8-16/h13,19H,4-12,17H2,1-3H3,(H,18,20). The molecule has 4 heteroatoms. The predicted octanol–water partition coefficient (Wildman–Crippen LogP) is 2.06. The Balaban J connectivity index is 2.51. The molecule has 1 saturated carbocycles. The Labute approximate surface area is 123 Å². The topological polar surface area (TPSA) is 75.4 Å². The second kappa shape index (κ2) is 7.41. The maximum atomic E-state index is 12.3. The van der Waals surface area contributed by atoms with Crippen LogP contribution in [0.4, 0.5) is 0 Å². The van der Waals surface area contributed by atoms with E-state index in [1.807, 2.05) is 0 Å². The molecular weight excluding hydrogens is 252 g/mol. The summed E-state index contributed by atoms with van der Waals surface area (Å²) in [5.74, 6) is -0.0878. The lowest BCUT2D eigenvalue weighted by Crippen LogP contribution is -2.45. The molecule has 0 aromatic carbocycles. The average molecular weight is 284 g/mol. The van der Waals surface area contributed by atoms with Crippen molar-refractivity contribution in [1.82, 2.24) is 5.32 Å². The van der Waals surface area contributed by atoms with Gasteiger partial charge in [-0.1, -0.05) is 40.0 Å². The van der Waals surface area contributed by atoms with Gasteiger partial charge in [-0.3, -0.25) is 4.79 Å². The summed E-state index contributed by atoms with van der Waals surface area (Å²) in [6, 6.07) is 0. The Morgan fingerprint density at radius 3 is 2.35 bits per heavy atom. The van der Waals surface area contributed by atoms with Crippen LogP contribution < -0.4 is 11.1 Å². The first-order valence-electron chi connectivity index (χ1n) is 7.91. The largest absolute Gasteiger partial charge is 0.396 e. The number of rotatable bonds is 6. The lowest BCUT2D eigenvalue weighted by molar-refractivity contribution is -0.126. The lowest BCUT2D eigenvalue weighted by atomic mass is 9.74. The van der Waals surface area contributed by atoms with Crippen LogP contribution in [0.1, 0.15) is 59.3 Å². The van der Waals surface area contributed by atoms with E-state index in [0.717, 1.165) is 32.1 Å². The predicted molar refractivity (Wildman–Crippen MR) is 82.2 cm³/mol. The minimum absolute atomic E-state index is 0.0424. The quantitative estimate of drug-likeness (QED) is 0.699. The molecule has 1 atom stereocenters. The van der Waals surface area contributed by atoms with Crippen LogP contribution in [-0.2, 0) is 4.79 Å². The van der Waals surface area contributed by atoms with Crippen molar-refractivity contribution in [3.05, 3.63) is 0 Å². The molecule has 0 heterocycles. The van der Waals surface area contributed by atoms with Crippen LogP contribution in [0, 0.1) is 16.7 Å². The molecule has 4 nitrogen and oxygen atoms in total. The fourth-order valence-electron chi connectivity index (χ4n) is 3.13. The number of carbonyl (C=O) groups excluding carboxylic acids is 1. The van der Waals surface area contributed by atoms with Crippen molar-refractivity contribution in [2.24, 2.45) is 22.5 Å². The van der Waals surface area contributed by atoms with E-state index in [1.54, 1.807) is 0 Å². The molecular formula is C16H32N2O2. The van der Waals surface area contributed by atoms with Crippen molar-refractivity contribution < 1.29 is 9.90 Å². The van der Waals surface area contributed by atoms with Gasteiger partial charge in [0.1, 0.15) is 0 Å². The minimum atomic E-state index is -0.130. The monoisotopic (exact) mass is 284 g/mol. The van der Waals surface area contributed by atoms with E-state index in [4.69, 9.17) is 5.73 Å². The van der Waals surface area contributed by atoms with Gasteiger partial charge >= 0.3 is 0 Å². The molecule has 1 unspecified atom stereocenters. The van der Waals surface area contributed by atoms with Gasteiger partial charge in [0.05, 0.1) is 12.5 Å². The lowest BCUT2D eigenvalue weighted by Gasteiger charge is -2.36. The number of nitrogens with two attached hydrogens (primary N) is 1. The van der Waals surface area contributed by atoms with E-state index in [1.165, 1.54) is 6.42 Å². The summed E-state index contributed by atoms with van der Waals surface area (Å²) in [5.41, 5.74) is 5.74.